The van der Waals surface area contributed by atoms with Gasteiger partial charge in [0, 0.05) is 12.5 Å². The van der Waals surface area contributed by atoms with Gasteiger partial charge in [-0.15, -0.1) is 0 Å². The predicted octanol–water partition coefficient (Wildman–Crippen LogP) is 4.16. The fraction of sp³-hybridized carbons (Fsp3) is 0.350. The van der Waals surface area contributed by atoms with E-state index in [1.807, 2.05) is 43.4 Å². The minimum absolute atomic E-state index is 0.140. The van der Waals surface area contributed by atoms with E-state index in [0.29, 0.717) is 12.3 Å². The number of carbonyl (C=O) groups excluding carboxylic acids is 1. The first-order valence-corrected chi connectivity index (χ1v) is 7.96. The van der Waals surface area contributed by atoms with E-state index in [1.54, 1.807) is 0 Å². The third kappa shape index (κ3) is 4.81. The smallest absolute Gasteiger partial charge is 0.150 e. The Bertz CT molecular complexity index is 556. The Morgan fingerprint density at radius 1 is 1.36 bits per heavy atom. The fourth-order valence-electron chi connectivity index (χ4n) is 2.84. The van der Waals surface area contributed by atoms with Crippen LogP contribution in [0.5, 0.6) is 0 Å². The first kappa shape index (κ1) is 16.4. The summed E-state index contributed by atoms with van der Waals surface area (Å²) in [6, 6.07) is 10.4. The Hall–Kier alpha value is -1.93. The molecule has 0 bridgehead atoms. The number of hydrogen-bond acceptors (Lipinski definition) is 2. The lowest BCUT2D eigenvalue weighted by Crippen LogP contribution is -2.40. The second kappa shape index (κ2) is 8.50. The van der Waals surface area contributed by atoms with Crippen LogP contribution in [0.4, 0.5) is 0 Å². The van der Waals surface area contributed by atoms with Crippen LogP contribution in [-0.2, 0) is 11.3 Å². The molecule has 0 radical (unpaired) electrons. The number of carbonyl (C=O) groups is 1. The van der Waals surface area contributed by atoms with Crippen molar-refractivity contribution in [3.8, 4) is 0 Å². The molecule has 0 spiro atoms. The third-order valence-corrected chi connectivity index (χ3v) is 4.12. The molecule has 0 aliphatic carbocycles. The molecule has 22 heavy (non-hydrogen) atoms. The van der Waals surface area contributed by atoms with E-state index in [4.69, 9.17) is 0 Å². The molecule has 2 heteroatoms. The molecule has 0 amide bonds. The highest BCUT2D eigenvalue weighted by molar-refractivity contribution is 5.84. The van der Waals surface area contributed by atoms with Gasteiger partial charge < -0.3 is 0 Å². The first-order chi connectivity index (χ1) is 10.7. The zero-order chi connectivity index (χ0) is 15.8. The average Bonchev–Trinajstić information content (AvgIpc) is 2.54. The second-order valence-electron chi connectivity index (χ2n) is 5.82. The molecule has 1 fully saturated rings. The molecule has 1 aromatic rings. The molecule has 1 aliphatic rings. The lowest BCUT2D eigenvalue weighted by atomic mass is 9.88. The summed E-state index contributed by atoms with van der Waals surface area (Å²) >= 11 is 0. The number of piperidine rings is 1. The Balaban J connectivity index is 1.90. The van der Waals surface area contributed by atoms with E-state index in [2.05, 4.69) is 29.7 Å². The van der Waals surface area contributed by atoms with Crippen molar-refractivity contribution in [1.82, 2.24) is 4.90 Å². The molecule has 2 nitrogen and oxygen atoms in total. The normalized spacial score (nSPS) is 20.5. The van der Waals surface area contributed by atoms with Crippen LogP contribution in [0.1, 0.15) is 25.3 Å². The van der Waals surface area contributed by atoms with Crippen LogP contribution < -0.4 is 0 Å². The second-order valence-corrected chi connectivity index (χ2v) is 5.82. The zero-order valence-electron chi connectivity index (χ0n) is 13.4. The van der Waals surface area contributed by atoms with Gasteiger partial charge in [0.15, 0.2) is 0 Å². The predicted molar refractivity (Wildman–Crippen MR) is 92.5 cm³/mol. The Morgan fingerprint density at radius 3 is 2.77 bits per heavy atom. The van der Waals surface area contributed by atoms with Gasteiger partial charge in [-0.3, -0.25) is 9.69 Å². The van der Waals surface area contributed by atoms with Crippen LogP contribution in [0.2, 0.25) is 0 Å². The monoisotopic (exact) mass is 295 g/mol. The molecule has 1 aromatic carbocycles. The van der Waals surface area contributed by atoms with Crippen molar-refractivity contribution in [2.24, 2.45) is 5.92 Å². The number of rotatable bonds is 6. The maximum Gasteiger partial charge on any atom is 0.150 e. The summed E-state index contributed by atoms with van der Waals surface area (Å²) in [5.41, 5.74) is 2.42. The molecule has 1 saturated heterocycles. The summed E-state index contributed by atoms with van der Waals surface area (Å²) in [7, 11) is 0. The number of benzene rings is 1. The summed E-state index contributed by atoms with van der Waals surface area (Å²) in [6.45, 7) is 8.25. The Morgan fingerprint density at radius 2 is 2.14 bits per heavy atom. The summed E-state index contributed by atoms with van der Waals surface area (Å²) < 4.78 is 0. The van der Waals surface area contributed by atoms with E-state index in [9.17, 15) is 4.79 Å². The van der Waals surface area contributed by atoms with E-state index in [-0.39, 0.29) is 5.92 Å². The van der Waals surface area contributed by atoms with Crippen LogP contribution in [0.3, 0.4) is 0 Å². The molecule has 1 unspecified atom stereocenters. The highest BCUT2D eigenvalue weighted by Crippen LogP contribution is 2.23. The molecule has 116 valence electrons. The van der Waals surface area contributed by atoms with Gasteiger partial charge in [-0.25, -0.2) is 0 Å². The first-order valence-electron chi connectivity index (χ1n) is 7.96. The Kier molecular flexibility index (Phi) is 6.35. The van der Waals surface area contributed by atoms with Gasteiger partial charge in [0.05, 0.1) is 6.54 Å². The van der Waals surface area contributed by atoms with Crippen molar-refractivity contribution in [3.63, 3.8) is 0 Å². The molecule has 1 heterocycles. The van der Waals surface area contributed by atoms with Crippen molar-refractivity contribution in [2.45, 2.75) is 26.3 Å². The molecule has 1 atom stereocenters. The van der Waals surface area contributed by atoms with Crippen molar-refractivity contribution >= 4 is 5.78 Å². The van der Waals surface area contributed by atoms with Crippen LogP contribution >= 0.6 is 0 Å². The maximum atomic E-state index is 12.4. The molecular formula is C20H25NO. The molecular weight excluding hydrogens is 270 g/mol. The number of allylic oxidation sites excluding steroid dienone is 5. The van der Waals surface area contributed by atoms with Gasteiger partial charge in [-0.2, -0.15) is 0 Å². The van der Waals surface area contributed by atoms with E-state index < -0.39 is 0 Å². The van der Waals surface area contributed by atoms with Crippen LogP contribution in [0.25, 0.3) is 0 Å². The van der Waals surface area contributed by atoms with Gasteiger partial charge >= 0.3 is 0 Å². The highest BCUT2D eigenvalue weighted by atomic mass is 16.1. The minimum Gasteiger partial charge on any atom is -0.298 e. The minimum atomic E-state index is 0.140. The number of nitrogens with zero attached hydrogens (tertiary/aromatic N) is 1. The molecule has 1 aliphatic heterocycles. The van der Waals surface area contributed by atoms with Crippen LogP contribution in [0.15, 0.2) is 66.8 Å². The van der Waals surface area contributed by atoms with E-state index in [0.717, 1.165) is 31.5 Å². The van der Waals surface area contributed by atoms with Crippen molar-refractivity contribution in [3.05, 3.63) is 72.4 Å². The topological polar surface area (TPSA) is 20.3 Å². The molecule has 0 N–H and O–H groups in total. The van der Waals surface area contributed by atoms with Gasteiger partial charge in [0.1, 0.15) is 5.78 Å². The fourth-order valence-corrected chi connectivity index (χ4v) is 2.84. The van der Waals surface area contributed by atoms with E-state index >= 15 is 0 Å². The Labute approximate surface area is 133 Å². The number of Topliss-reactive ketones (excluding diaryl/α,β-unsaturated/α-hetero) is 1. The number of hydrogen-bond donors (Lipinski definition) is 0. The van der Waals surface area contributed by atoms with E-state index in [1.165, 1.54) is 5.56 Å². The summed E-state index contributed by atoms with van der Waals surface area (Å²) in [6.07, 6.45) is 9.67. The SMILES string of the molecule is C=C/C(=C\C=C/C)CC1CCN(Cc2ccccc2)CC1=O. The standard InChI is InChI=1S/C20H25NO/c1-3-5-9-17(4-2)14-19-12-13-21(16-20(19)22)15-18-10-7-6-8-11-18/h3-11,19H,2,12-16H2,1H3/b5-3-,17-9+. The van der Waals surface area contributed by atoms with Crippen LogP contribution in [0, 0.1) is 5.92 Å². The van der Waals surface area contributed by atoms with Gasteiger partial charge in [0.2, 0.25) is 0 Å². The lowest BCUT2D eigenvalue weighted by molar-refractivity contribution is -0.126. The quantitative estimate of drug-likeness (QED) is 0.735. The van der Waals surface area contributed by atoms with Crippen LogP contribution in [-0.4, -0.2) is 23.8 Å². The van der Waals surface area contributed by atoms with Crippen molar-refractivity contribution in [1.29, 1.82) is 0 Å². The highest BCUT2D eigenvalue weighted by Gasteiger charge is 2.27. The molecule has 2 rings (SSSR count). The largest absolute Gasteiger partial charge is 0.298 e. The van der Waals surface area contributed by atoms with Gasteiger partial charge in [-0.05, 0) is 37.4 Å². The third-order valence-electron chi connectivity index (χ3n) is 4.12. The number of likely N-dealkylation sites (tertiary alicyclic amines) is 1. The summed E-state index contributed by atoms with van der Waals surface area (Å²) in [5, 5.41) is 0. The van der Waals surface area contributed by atoms with Gasteiger partial charge in [0.25, 0.3) is 0 Å². The summed E-state index contributed by atoms with van der Waals surface area (Å²) in [4.78, 5) is 14.6. The summed E-state index contributed by atoms with van der Waals surface area (Å²) in [5.74, 6) is 0.497. The van der Waals surface area contributed by atoms with Gasteiger partial charge in [-0.1, -0.05) is 61.2 Å². The maximum absolute atomic E-state index is 12.4. The molecule has 0 aromatic heterocycles. The van der Waals surface area contributed by atoms with Crippen molar-refractivity contribution < 1.29 is 4.79 Å². The zero-order valence-corrected chi connectivity index (χ0v) is 13.4. The lowest BCUT2D eigenvalue weighted by Gasteiger charge is -2.31. The average molecular weight is 295 g/mol. The molecule has 0 saturated carbocycles. The van der Waals surface area contributed by atoms with Crippen molar-refractivity contribution in [2.75, 3.05) is 13.1 Å². The number of ketones is 1.